The highest BCUT2D eigenvalue weighted by molar-refractivity contribution is 7.00. The van der Waals surface area contributed by atoms with Gasteiger partial charge in [-0.3, -0.25) is 0 Å². The fourth-order valence-electron chi connectivity index (χ4n) is 12.5. The minimum absolute atomic E-state index is 0.00511. The number of fused-ring (bicyclic) bond motifs is 7. The Morgan fingerprint density at radius 1 is 0.358 bits per heavy atom. The average molecular weight is 1050 g/mol. The third-order valence-corrected chi connectivity index (χ3v) is 17.1. The summed E-state index contributed by atoms with van der Waals surface area (Å²) in [4.78, 5) is 7.64. The minimum atomic E-state index is -0.192. The van der Waals surface area contributed by atoms with Crippen molar-refractivity contribution in [1.82, 2.24) is 0 Å². The van der Waals surface area contributed by atoms with E-state index in [1.807, 2.05) is 0 Å². The molecule has 400 valence electrons. The van der Waals surface area contributed by atoms with Gasteiger partial charge in [0.2, 0.25) is 0 Å². The zero-order chi connectivity index (χ0) is 56.3. The van der Waals surface area contributed by atoms with Crippen LogP contribution in [0, 0.1) is 0 Å². The first-order valence-corrected chi connectivity index (χ1v) is 28.9. The van der Waals surface area contributed by atoms with Crippen molar-refractivity contribution in [2.24, 2.45) is 0 Å². The Hall–Kier alpha value is -8.54. The van der Waals surface area contributed by atoms with Crippen LogP contribution in [0.25, 0.3) is 44.2 Å². The summed E-state index contributed by atoms with van der Waals surface area (Å²) in [7, 11) is 0. The van der Waals surface area contributed by atoms with Gasteiger partial charge in [0.15, 0.2) is 0 Å². The van der Waals surface area contributed by atoms with Crippen molar-refractivity contribution in [3.05, 3.63) is 241 Å². The largest absolute Gasteiger partial charge is 0.455 e. The Labute approximate surface area is 480 Å². The van der Waals surface area contributed by atoms with Gasteiger partial charge in [0.25, 0.3) is 6.71 Å². The van der Waals surface area contributed by atoms with Crippen LogP contribution in [0.15, 0.2) is 223 Å². The fourth-order valence-corrected chi connectivity index (χ4v) is 12.5. The summed E-state index contributed by atoms with van der Waals surface area (Å²) in [5.74, 6) is 0. The number of para-hydroxylation sites is 3. The maximum absolute atomic E-state index is 6.76. The molecule has 5 heteroatoms. The lowest BCUT2D eigenvalue weighted by Gasteiger charge is -2.45. The third-order valence-electron chi connectivity index (χ3n) is 17.1. The zero-order valence-electron chi connectivity index (χ0n) is 49.1. The number of rotatable bonds is 7. The van der Waals surface area contributed by atoms with Crippen LogP contribution in [-0.2, 0) is 21.7 Å². The summed E-state index contributed by atoms with van der Waals surface area (Å²) in [5.41, 5.74) is 25.3. The van der Waals surface area contributed by atoms with E-state index in [0.717, 1.165) is 72.8 Å². The van der Waals surface area contributed by atoms with Crippen LogP contribution in [0.4, 0.5) is 51.2 Å². The van der Waals surface area contributed by atoms with E-state index in [1.165, 1.54) is 61.3 Å². The fraction of sp³-hybridized carbons (Fsp3) is 0.211. The highest BCUT2D eigenvalue weighted by Gasteiger charge is 2.45. The van der Waals surface area contributed by atoms with Crippen molar-refractivity contribution in [3.63, 3.8) is 0 Å². The van der Waals surface area contributed by atoms with Gasteiger partial charge in [-0.05, 0) is 150 Å². The Morgan fingerprint density at radius 2 is 0.914 bits per heavy atom. The van der Waals surface area contributed by atoms with E-state index < -0.39 is 0 Å². The van der Waals surface area contributed by atoms with Crippen LogP contribution in [0.3, 0.4) is 0 Å². The number of furan rings is 1. The van der Waals surface area contributed by atoms with Crippen molar-refractivity contribution in [1.29, 1.82) is 0 Å². The second-order valence-electron chi connectivity index (χ2n) is 26.7. The molecule has 3 heterocycles. The monoisotopic (exact) mass is 1050 g/mol. The van der Waals surface area contributed by atoms with Crippen molar-refractivity contribution in [3.8, 4) is 22.3 Å². The lowest BCUT2D eigenvalue weighted by atomic mass is 9.33. The Kier molecular flexibility index (Phi) is 12.2. The maximum atomic E-state index is 6.76. The SMILES string of the molecule is CC(C)(C)c1ccc(N(c2ccc3c(c2)N(c2cccc(-c4cccc5c4oc4ccccc45)c2)c2cc(C(C)(C)C)cc4c2B3c2cc(C(C)(C)C)ccc2N4c2ccc(C(C)(C)C)cc2)c2ccccc2-c2ccccc2)cc1. The van der Waals surface area contributed by atoms with Crippen molar-refractivity contribution >= 4 is 96.2 Å². The summed E-state index contributed by atoms with van der Waals surface area (Å²) in [5, 5.41) is 2.24. The summed E-state index contributed by atoms with van der Waals surface area (Å²) < 4.78 is 6.76. The Bertz CT molecular complexity index is 4220. The van der Waals surface area contributed by atoms with Crippen molar-refractivity contribution in [2.75, 3.05) is 14.7 Å². The molecule has 0 saturated heterocycles. The van der Waals surface area contributed by atoms with E-state index >= 15 is 0 Å². The van der Waals surface area contributed by atoms with Crippen LogP contribution in [-0.4, -0.2) is 6.71 Å². The van der Waals surface area contributed by atoms with Gasteiger partial charge < -0.3 is 19.1 Å². The molecule has 1 aromatic heterocycles. The lowest BCUT2D eigenvalue weighted by molar-refractivity contribution is 0.589. The van der Waals surface area contributed by atoms with Crippen LogP contribution in [0.2, 0.25) is 0 Å². The molecular weight excluding hydrogens is 982 g/mol. The first kappa shape index (κ1) is 51.9. The molecule has 11 aromatic rings. The van der Waals surface area contributed by atoms with Gasteiger partial charge >= 0.3 is 0 Å². The van der Waals surface area contributed by atoms with E-state index in [4.69, 9.17) is 4.42 Å². The molecule has 0 spiro atoms. The molecule has 0 N–H and O–H groups in total. The number of hydrogen-bond acceptors (Lipinski definition) is 4. The number of benzene rings is 10. The van der Waals surface area contributed by atoms with E-state index in [9.17, 15) is 0 Å². The van der Waals surface area contributed by atoms with Crippen molar-refractivity contribution < 1.29 is 4.42 Å². The molecule has 10 aromatic carbocycles. The average Bonchev–Trinajstić information content (AvgIpc) is 4.02. The van der Waals surface area contributed by atoms with Gasteiger partial charge in [0.1, 0.15) is 11.2 Å². The molecule has 13 rings (SSSR count). The summed E-state index contributed by atoms with van der Waals surface area (Å²) in [6, 6.07) is 82.1. The molecule has 0 fully saturated rings. The molecule has 0 amide bonds. The molecule has 0 radical (unpaired) electrons. The van der Waals surface area contributed by atoms with Gasteiger partial charge in [0.05, 0.1) is 5.69 Å². The predicted molar refractivity (Wildman–Crippen MR) is 348 cm³/mol. The van der Waals surface area contributed by atoms with Crippen LogP contribution < -0.4 is 31.1 Å². The molecule has 4 nitrogen and oxygen atoms in total. The van der Waals surface area contributed by atoms with E-state index in [1.54, 1.807) is 0 Å². The number of hydrogen-bond donors (Lipinski definition) is 0. The highest BCUT2D eigenvalue weighted by Crippen LogP contribution is 2.50. The van der Waals surface area contributed by atoms with Crippen LogP contribution in [0.5, 0.6) is 0 Å². The second-order valence-corrected chi connectivity index (χ2v) is 26.7. The van der Waals surface area contributed by atoms with E-state index in [-0.39, 0.29) is 28.4 Å². The Morgan fingerprint density at radius 3 is 1.60 bits per heavy atom. The second kappa shape index (κ2) is 19.1. The van der Waals surface area contributed by atoms with Gasteiger partial charge in [-0.1, -0.05) is 223 Å². The first-order chi connectivity index (χ1) is 38.7. The molecule has 0 aliphatic carbocycles. The van der Waals surface area contributed by atoms with E-state index in [2.05, 4.69) is 316 Å². The first-order valence-electron chi connectivity index (χ1n) is 28.9. The molecule has 81 heavy (non-hydrogen) atoms. The smallest absolute Gasteiger partial charge is 0.252 e. The third kappa shape index (κ3) is 9.03. The maximum Gasteiger partial charge on any atom is 0.252 e. The molecule has 0 unspecified atom stereocenters. The van der Waals surface area contributed by atoms with E-state index in [0.29, 0.717) is 0 Å². The van der Waals surface area contributed by atoms with Crippen LogP contribution in [0.1, 0.15) is 105 Å². The number of nitrogens with zero attached hydrogens (tertiary/aromatic N) is 3. The van der Waals surface area contributed by atoms with Crippen LogP contribution >= 0.6 is 0 Å². The minimum Gasteiger partial charge on any atom is -0.455 e. The van der Waals surface area contributed by atoms with Gasteiger partial charge in [0, 0.05) is 67.4 Å². The zero-order valence-corrected chi connectivity index (χ0v) is 49.1. The molecule has 2 aliphatic heterocycles. The predicted octanol–water partition coefficient (Wildman–Crippen LogP) is 19.7. The summed E-state index contributed by atoms with van der Waals surface area (Å²) in [6.45, 7) is 27.8. The van der Waals surface area contributed by atoms with Gasteiger partial charge in [-0.15, -0.1) is 0 Å². The number of anilines is 9. The topological polar surface area (TPSA) is 22.9 Å². The lowest BCUT2D eigenvalue weighted by Crippen LogP contribution is -2.61. The summed E-state index contributed by atoms with van der Waals surface area (Å²) >= 11 is 0. The molecule has 0 saturated carbocycles. The highest BCUT2D eigenvalue weighted by atomic mass is 16.3. The standard InChI is InChI=1S/C76H72BN3O/c1-73(2,3)51-32-37-55(38-33-51)78(65-30-18-16-26-59(65)49-22-14-13-15-23-49)58-41-42-63-67(48-58)80(57-25-20-24-50(44-57)60-28-21-29-62-61-27-17-19-31-70(61)81-72(60)62)69-47-54(76(10,11)12)46-68-71(69)77(63)64-45-53(75(7,8)9)36-43-66(64)79(68)56-39-34-52(35-40-56)74(4,5)6/h13-48H,1-12H3. The molecule has 0 bridgehead atoms. The Balaban J connectivity index is 1.12. The normalized spacial score (nSPS) is 13.4. The van der Waals surface area contributed by atoms with Gasteiger partial charge in [-0.2, -0.15) is 0 Å². The van der Waals surface area contributed by atoms with Crippen molar-refractivity contribution in [2.45, 2.75) is 105 Å². The summed E-state index contributed by atoms with van der Waals surface area (Å²) in [6.07, 6.45) is 0. The molecular formula is C76H72BN3O. The molecule has 2 aliphatic rings. The quantitative estimate of drug-likeness (QED) is 0.148. The molecule has 0 atom stereocenters. The van der Waals surface area contributed by atoms with Gasteiger partial charge in [-0.25, -0.2) is 0 Å².